The minimum atomic E-state index is -0.348. The maximum Gasteiger partial charge on any atom is 0.272 e. The lowest BCUT2D eigenvalue weighted by Crippen LogP contribution is -2.24. The number of amides is 1. The van der Waals surface area contributed by atoms with Crippen molar-refractivity contribution in [2.75, 3.05) is 11.1 Å². The molecule has 4 heterocycles. The molecule has 1 amide bonds. The Hall–Kier alpha value is -3.72. The summed E-state index contributed by atoms with van der Waals surface area (Å²) >= 11 is 1.52. The highest BCUT2D eigenvalue weighted by atomic mass is 32.1. The molecule has 31 heavy (non-hydrogen) atoms. The third-order valence-electron chi connectivity index (χ3n) is 5.05. The van der Waals surface area contributed by atoms with Gasteiger partial charge in [-0.15, -0.1) is 0 Å². The van der Waals surface area contributed by atoms with Crippen molar-refractivity contribution < 1.29 is 4.79 Å². The standard InChI is InChI=1S/C22H21N7OS/c1-22(2,3)29-19-17(18(23)24-12-25-19)20(27-29)28-15-7-5-4-6-13(15)10-16(28)21(30)26-14-8-9-31-11-14/h4-12H,1-3H3,(H,26,30)(H2,23,24,25). The number of aromatic nitrogens is 5. The van der Waals surface area contributed by atoms with E-state index in [4.69, 9.17) is 10.8 Å². The summed E-state index contributed by atoms with van der Waals surface area (Å²) in [6.07, 6.45) is 1.43. The molecular formula is C22H21N7OS. The molecule has 5 aromatic rings. The number of para-hydroxylation sites is 1. The first-order chi connectivity index (χ1) is 14.8. The summed E-state index contributed by atoms with van der Waals surface area (Å²) in [5.41, 5.74) is 8.61. The number of anilines is 2. The van der Waals surface area contributed by atoms with Crippen LogP contribution in [0.1, 0.15) is 31.3 Å². The lowest BCUT2D eigenvalue weighted by molar-refractivity contribution is 0.102. The van der Waals surface area contributed by atoms with Crippen LogP contribution in [0.5, 0.6) is 0 Å². The number of fused-ring (bicyclic) bond motifs is 2. The lowest BCUT2D eigenvalue weighted by atomic mass is 10.1. The number of nitrogens with zero attached hydrogens (tertiary/aromatic N) is 5. The number of nitrogens with one attached hydrogen (secondary N) is 1. The van der Waals surface area contributed by atoms with Crippen molar-refractivity contribution in [1.29, 1.82) is 0 Å². The SMILES string of the molecule is CC(C)(C)n1nc(-n2c(C(=O)Nc3ccsc3)cc3ccccc32)c2c(N)ncnc21. The molecule has 4 aromatic heterocycles. The Balaban J connectivity index is 1.81. The Morgan fingerprint density at radius 2 is 1.97 bits per heavy atom. The molecule has 0 aliphatic heterocycles. The molecule has 3 N–H and O–H groups in total. The molecule has 8 nitrogen and oxygen atoms in total. The molecule has 0 aliphatic carbocycles. The van der Waals surface area contributed by atoms with E-state index >= 15 is 0 Å². The maximum atomic E-state index is 13.3. The zero-order valence-electron chi connectivity index (χ0n) is 17.3. The van der Waals surface area contributed by atoms with E-state index in [9.17, 15) is 4.79 Å². The molecule has 0 unspecified atom stereocenters. The smallest absolute Gasteiger partial charge is 0.272 e. The molecule has 0 radical (unpaired) electrons. The van der Waals surface area contributed by atoms with E-state index in [0.29, 0.717) is 28.4 Å². The fourth-order valence-electron chi connectivity index (χ4n) is 3.66. The Kier molecular flexibility index (Phi) is 4.30. The Morgan fingerprint density at radius 1 is 1.16 bits per heavy atom. The lowest BCUT2D eigenvalue weighted by Gasteiger charge is -2.19. The number of thiophene rings is 1. The molecule has 0 spiro atoms. The van der Waals surface area contributed by atoms with Crippen molar-refractivity contribution in [1.82, 2.24) is 24.3 Å². The monoisotopic (exact) mass is 431 g/mol. The highest BCUT2D eigenvalue weighted by Gasteiger charge is 2.27. The Bertz CT molecular complexity index is 1420. The van der Waals surface area contributed by atoms with Gasteiger partial charge in [-0.3, -0.25) is 9.36 Å². The van der Waals surface area contributed by atoms with E-state index < -0.39 is 0 Å². The highest BCUT2D eigenvalue weighted by molar-refractivity contribution is 7.08. The third-order valence-corrected chi connectivity index (χ3v) is 5.73. The van der Waals surface area contributed by atoms with Crippen LogP contribution in [0.25, 0.3) is 27.8 Å². The van der Waals surface area contributed by atoms with Crippen LogP contribution < -0.4 is 11.1 Å². The third kappa shape index (κ3) is 3.14. The van der Waals surface area contributed by atoms with E-state index in [-0.39, 0.29) is 11.4 Å². The van der Waals surface area contributed by atoms with E-state index in [2.05, 4.69) is 15.3 Å². The quantitative estimate of drug-likeness (QED) is 0.440. The van der Waals surface area contributed by atoms with Crippen molar-refractivity contribution in [2.24, 2.45) is 0 Å². The summed E-state index contributed by atoms with van der Waals surface area (Å²) in [5.74, 6) is 0.612. The molecule has 0 aliphatic rings. The van der Waals surface area contributed by atoms with Gasteiger partial charge in [-0.1, -0.05) is 18.2 Å². The fraction of sp³-hybridized carbons (Fsp3) is 0.182. The molecule has 0 bridgehead atoms. The van der Waals surface area contributed by atoms with Gasteiger partial charge in [-0.05, 0) is 44.4 Å². The van der Waals surface area contributed by atoms with Crippen LogP contribution in [0.15, 0.2) is 53.5 Å². The minimum absolute atomic E-state index is 0.233. The van der Waals surface area contributed by atoms with Crippen molar-refractivity contribution in [3.8, 4) is 5.82 Å². The predicted molar refractivity (Wildman–Crippen MR) is 124 cm³/mol. The van der Waals surface area contributed by atoms with Crippen LogP contribution in [-0.2, 0) is 5.54 Å². The van der Waals surface area contributed by atoms with Gasteiger partial charge in [-0.2, -0.15) is 16.4 Å². The Morgan fingerprint density at radius 3 is 2.71 bits per heavy atom. The van der Waals surface area contributed by atoms with Gasteiger partial charge in [0, 0.05) is 10.8 Å². The number of benzene rings is 1. The largest absolute Gasteiger partial charge is 0.383 e. The molecule has 156 valence electrons. The molecule has 0 saturated carbocycles. The van der Waals surface area contributed by atoms with Crippen molar-refractivity contribution >= 4 is 50.7 Å². The average molecular weight is 432 g/mol. The van der Waals surface area contributed by atoms with Crippen LogP contribution in [0.4, 0.5) is 11.5 Å². The number of carbonyl (C=O) groups is 1. The normalized spacial score (nSPS) is 12.0. The number of carbonyl (C=O) groups excluding carboxylic acids is 1. The highest BCUT2D eigenvalue weighted by Crippen LogP contribution is 2.33. The maximum absolute atomic E-state index is 13.3. The van der Waals surface area contributed by atoms with Gasteiger partial charge in [0.1, 0.15) is 23.2 Å². The van der Waals surface area contributed by atoms with E-state index in [0.717, 1.165) is 16.6 Å². The molecular weight excluding hydrogens is 410 g/mol. The molecule has 0 fully saturated rings. The van der Waals surface area contributed by atoms with Crippen LogP contribution >= 0.6 is 11.3 Å². The minimum Gasteiger partial charge on any atom is -0.383 e. The second-order valence-electron chi connectivity index (χ2n) is 8.25. The number of nitrogens with two attached hydrogens (primary N) is 1. The Labute approximate surface area is 182 Å². The zero-order chi connectivity index (χ0) is 21.8. The summed E-state index contributed by atoms with van der Waals surface area (Å²) in [5, 5.41) is 13.2. The van der Waals surface area contributed by atoms with E-state index in [1.165, 1.54) is 17.7 Å². The number of nitrogen functional groups attached to an aromatic ring is 1. The van der Waals surface area contributed by atoms with Gasteiger partial charge in [-0.25, -0.2) is 14.6 Å². The number of hydrogen-bond acceptors (Lipinski definition) is 6. The molecule has 5 rings (SSSR count). The van der Waals surface area contributed by atoms with Crippen LogP contribution in [0, 0.1) is 0 Å². The second kappa shape index (κ2) is 6.92. The van der Waals surface area contributed by atoms with E-state index in [1.807, 2.05) is 77.2 Å². The predicted octanol–water partition coefficient (Wildman–Crippen LogP) is 4.42. The van der Waals surface area contributed by atoms with Crippen molar-refractivity contribution in [3.63, 3.8) is 0 Å². The first-order valence-electron chi connectivity index (χ1n) is 9.78. The second-order valence-corrected chi connectivity index (χ2v) is 9.03. The van der Waals surface area contributed by atoms with Crippen LogP contribution in [0.2, 0.25) is 0 Å². The average Bonchev–Trinajstić information content (AvgIpc) is 3.44. The first-order valence-corrected chi connectivity index (χ1v) is 10.7. The molecule has 1 aromatic carbocycles. The molecule has 0 atom stereocenters. The van der Waals surface area contributed by atoms with Crippen molar-refractivity contribution in [3.05, 3.63) is 59.2 Å². The first kappa shape index (κ1) is 19.3. The summed E-state index contributed by atoms with van der Waals surface area (Å²) < 4.78 is 3.66. The molecule has 0 saturated heterocycles. The van der Waals surface area contributed by atoms with Gasteiger partial charge in [0.15, 0.2) is 11.5 Å². The number of hydrogen-bond donors (Lipinski definition) is 2. The molecule has 9 heteroatoms. The summed E-state index contributed by atoms with van der Waals surface area (Å²) in [7, 11) is 0. The topological polar surface area (TPSA) is 104 Å². The zero-order valence-corrected chi connectivity index (χ0v) is 18.1. The van der Waals surface area contributed by atoms with Gasteiger partial charge in [0.2, 0.25) is 0 Å². The van der Waals surface area contributed by atoms with Crippen LogP contribution in [-0.4, -0.2) is 30.2 Å². The summed E-state index contributed by atoms with van der Waals surface area (Å²) in [6, 6.07) is 11.5. The van der Waals surface area contributed by atoms with Crippen LogP contribution in [0.3, 0.4) is 0 Å². The summed E-state index contributed by atoms with van der Waals surface area (Å²) in [6.45, 7) is 6.12. The van der Waals surface area contributed by atoms with Gasteiger partial charge in [0.25, 0.3) is 5.91 Å². The van der Waals surface area contributed by atoms with Crippen molar-refractivity contribution in [2.45, 2.75) is 26.3 Å². The van der Waals surface area contributed by atoms with Gasteiger partial charge in [0.05, 0.1) is 16.7 Å². The van der Waals surface area contributed by atoms with Gasteiger partial charge >= 0.3 is 0 Å². The summed E-state index contributed by atoms with van der Waals surface area (Å²) in [4.78, 5) is 21.9. The number of rotatable bonds is 3. The van der Waals surface area contributed by atoms with Gasteiger partial charge < -0.3 is 11.1 Å². The van der Waals surface area contributed by atoms with E-state index in [1.54, 1.807) is 0 Å². The fourth-order valence-corrected chi connectivity index (χ4v) is 4.25.